The minimum Gasteiger partial charge on any atom is -0.309 e. The second-order valence-electron chi connectivity index (χ2n) is 24.8. The lowest BCUT2D eigenvalue weighted by Crippen LogP contribution is -1.95. The monoisotopic (exact) mass is 1180 g/mol. The van der Waals surface area contributed by atoms with Crippen LogP contribution in [0.1, 0.15) is 0 Å². The third kappa shape index (κ3) is 8.59. The number of nitrogens with zero attached hydrogens (tertiary/aromatic N) is 3. The van der Waals surface area contributed by atoms with Crippen LogP contribution in [0.15, 0.2) is 346 Å². The van der Waals surface area contributed by atoms with Crippen LogP contribution >= 0.6 is 0 Å². The van der Waals surface area contributed by atoms with Gasteiger partial charge in [0.25, 0.3) is 0 Å². The standard InChI is InChI=1S/C90H57N3/c1-5-20-58(21-6-1)67-49-68(59-22-7-2-8-23-59)51-69(50-67)61-25-19-24-60(48-61)62-36-42-75-76-43-37-63(53-81(76)74-31-14-13-30-73(74)80(75)52-62)66-38-44-79-84-57-72(41-47-89(84)92(90(79)56-66)71-28-11-4-12-29-71)93-86-35-18-16-33-78(86)83-55-65(40-46-88(83)93)64-39-45-87-82(54-64)77-32-15-17-34-85(77)91(87)70-26-9-3-10-27-70/h1-57H. The number of rotatable bonds is 9. The molecule has 3 heterocycles. The van der Waals surface area contributed by atoms with Gasteiger partial charge in [-0.2, -0.15) is 0 Å². The van der Waals surface area contributed by atoms with Crippen LogP contribution in [0.3, 0.4) is 0 Å². The summed E-state index contributed by atoms with van der Waals surface area (Å²) in [6.07, 6.45) is 0. The van der Waals surface area contributed by atoms with Gasteiger partial charge in [0.05, 0.1) is 33.1 Å². The summed E-state index contributed by atoms with van der Waals surface area (Å²) in [6, 6.07) is 128. The summed E-state index contributed by atoms with van der Waals surface area (Å²) in [5.41, 5.74) is 24.9. The third-order valence-electron chi connectivity index (χ3n) is 19.6. The van der Waals surface area contributed by atoms with Crippen molar-refractivity contribution < 1.29 is 0 Å². The van der Waals surface area contributed by atoms with E-state index in [-0.39, 0.29) is 0 Å². The lowest BCUT2D eigenvalue weighted by atomic mass is 9.89. The average Bonchev–Trinajstić information content (AvgIpc) is 1.73. The number of hydrogen-bond acceptors (Lipinski definition) is 0. The van der Waals surface area contributed by atoms with Crippen molar-refractivity contribution in [2.75, 3.05) is 0 Å². The summed E-state index contributed by atoms with van der Waals surface area (Å²) < 4.78 is 7.29. The smallest absolute Gasteiger partial charge is 0.0547 e. The van der Waals surface area contributed by atoms with Crippen LogP contribution in [-0.2, 0) is 0 Å². The highest BCUT2D eigenvalue weighted by Crippen LogP contribution is 2.44. The van der Waals surface area contributed by atoms with Crippen molar-refractivity contribution in [3.63, 3.8) is 0 Å². The maximum atomic E-state index is 2.46. The molecule has 0 spiro atoms. The summed E-state index contributed by atoms with van der Waals surface area (Å²) in [7, 11) is 0. The van der Waals surface area contributed by atoms with Gasteiger partial charge in [0.15, 0.2) is 0 Å². The molecule has 0 saturated heterocycles. The fourth-order valence-electron chi connectivity index (χ4n) is 15.2. The Bertz CT molecular complexity index is 6130. The molecule has 0 atom stereocenters. The Morgan fingerprint density at radius 2 is 0.409 bits per heavy atom. The Morgan fingerprint density at radius 3 is 0.914 bits per heavy atom. The molecule has 3 nitrogen and oxygen atoms in total. The Hall–Kier alpha value is -12.3. The van der Waals surface area contributed by atoms with Gasteiger partial charge in [-0.15, -0.1) is 0 Å². The molecule has 16 aromatic carbocycles. The molecule has 93 heavy (non-hydrogen) atoms. The van der Waals surface area contributed by atoms with Crippen molar-refractivity contribution in [1.82, 2.24) is 13.7 Å². The molecule has 0 saturated carbocycles. The van der Waals surface area contributed by atoms with E-state index >= 15 is 0 Å². The van der Waals surface area contributed by atoms with Crippen LogP contribution in [0.5, 0.6) is 0 Å². The van der Waals surface area contributed by atoms with Crippen molar-refractivity contribution >= 4 is 97.7 Å². The zero-order valence-corrected chi connectivity index (χ0v) is 50.8. The van der Waals surface area contributed by atoms with Gasteiger partial charge in [0.2, 0.25) is 0 Å². The third-order valence-corrected chi connectivity index (χ3v) is 19.6. The lowest BCUT2D eigenvalue weighted by molar-refractivity contribution is 1.17. The molecule has 432 valence electrons. The number of aromatic nitrogens is 3. The molecule has 3 heteroatoms. The van der Waals surface area contributed by atoms with E-state index in [0.717, 1.165) is 17.1 Å². The second kappa shape index (κ2) is 21.2. The molecule has 0 N–H and O–H groups in total. The molecule has 0 aliphatic heterocycles. The Labute approximate surface area is 537 Å². The van der Waals surface area contributed by atoms with E-state index in [1.165, 1.54) is 164 Å². The number of fused-ring (bicyclic) bond motifs is 15. The van der Waals surface area contributed by atoms with Crippen LogP contribution in [0.2, 0.25) is 0 Å². The maximum absolute atomic E-state index is 2.46. The molecule has 0 radical (unpaired) electrons. The highest BCUT2D eigenvalue weighted by atomic mass is 15.0. The molecule has 0 amide bonds. The van der Waals surface area contributed by atoms with Crippen LogP contribution < -0.4 is 0 Å². The molecule has 0 unspecified atom stereocenters. The average molecular weight is 1180 g/mol. The first-order chi connectivity index (χ1) is 46.1. The van der Waals surface area contributed by atoms with Gasteiger partial charge >= 0.3 is 0 Å². The fourth-order valence-corrected chi connectivity index (χ4v) is 15.2. The van der Waals surface area contributed by atoms with Crippen molar-refractivity contribution in [3.8, 4) is 83.8 Å². The van der Waals surface area contributed by atoms with Gasteiger partial charge in [-0.3, -0.25) is 0 Å². The van der Waals surface area contributed by atoms with Gasteiger partial charge in [0, 0.05) is 49.4 Å². The highest BCUT2D eigenvalue weighted by molar-refractivity contribution is 6.26. The van der Waals surface area contributed by atoms with Gasteiger partial charge < -0.3 is 13.7 Å². The first-order valence-electron chi connectivity index (χ1n) is 32.1. The first-order valence-corrected chi connectivity index (χ1v) is 32.1. The zero-order chi connectivity index (χ0) is 61.1. The topological polar surface area (TPSA) is 14.8 Å². The van der Waals surface area contributed by atoms with E-state index in [2.05, 4.69) is 359 Å². The predicted molar refractivity (Wildman–Crippen MR) is 395 cm³/mol. The number of para-hydroxylation sites is 4. The minimum absolute atomic E-state index is 1.13. The minimum atomic E-state index is 1.13. The molecule has 19 aromatic rings. The number of hydrogen-bond donors (Lipinski definition) is 0. The van der Waals surface area contributed by atoms with E-state index in [4.69, 9.17) is 0 Å². The SMILES string of the molecule is c1ccc(-c2cc(-c3ccccc3)cc(-c3cccc(-c4ccc5c6ccc(-c7ccc8c9cc(-n%10c%11ccccc%11c%11cc(-c%12ccc%13c(c%12)c%12ccccc%12n%13-c%12ccccc%12)ccc%11%10)ccc9n(-c9ccccc9)c8c7)cc6c6ccccc6c5c4)c3)c2)cc1. The lowest BCUT2D eigenvalue weighted by Gasteiger charge is -2.15. The van der Waals surface area contributed by atoms with Gasteiger partial charge in [0.1, 0.15) is 0 Å². The van der Waals surface area contributed by atoms with E-state index in [1.54, 1.807) is 0 Å². The molecular weight excluding hydrogens is 1120 g/mol. The van der Waals surface area contributed by atoms with Crippen LogP contribution in [-0.4, -0.2) is 13.7 Å². The van der Waals surface area contributed by atoms with E-state index in [0.29, 0.717) is 0 Å². The normalized spacial score (nSPS) is 11.9. The molecule has 0 aliphatic rings. The molecule has 0 aliphatic carbocycles. The predicted octanol–water partition coefficient (Wildman–Crippen LogP) is 24.4. The first kappa shape index (κ1) is 52.6. The molecule has 0 fully saturated rings. The molecule has 3 aromatic heterocycles. The number of benzene rings is 16. The summed E-state index contributed by atoms with van der Waals surface area (Å²) in [4.78, 5) is 0. The summed E-state index contributed by atoms with van der Waals surface area (Å²) in [5, 5.41) is 14.9. The Balaban J connectivity index is 0.700. The Morgan fingerprint density at radius 1 is 0.118 bits per heavy atom. The van der Waals surface area contributed by atoms with Crippen molar-refractivity contribution in [2.45, 2.75) is 0 Å². The quantitative estimate of drug-likeness (QED) is 0.128. The van der Waals surface area contributed by atoms with E-state index < -0.39 is 0 Å². The van der Waals surface area contributed by atoms with Crippen molar-refractivity contribution in [2.24, 2.45) is 0 Å². The van der Waals surface area contributed by atoms with Gasteiger partial charge in [-0.05, 0) is 220 Å². The summed E-state index contributed by atoms with van der Waals surface area (Å²) in [6.45, 7) is 0. The van der Waals surface area contributed by atoms with E-state index in [9.17, 15) is 0 Å². The summed E-state index contributed by atoms with van der Waals surface area (Å²) in [5.74, 6) is 0. The Kier molecular flexibility index (Phi) is 12.0. The summed E-state index contributed by atoms with van der Waals surface area (Å²) >= 11 is 0. The van der Waals surface area contributed by atoms with E-state index in [1.807, 2.05) is 0 Å². The highest BCUT2D eigenvalue weighted by Gasteiger charge is 2.21. The van der Waals surface area contributed by atoms with Gasteiger partial charge in [-0.1, -0.05) is 224 Å². The van der Waals surface area contributed by atoms with Crippen LogP contribution in [0.25, 0.3) is 182 Å². The fraction of sp³-hybridized carbons (Fsp3) is 0. The van der Waals surface area contributed by atoms with Crippen LogP contribution in [0.4, 0.5) is 0 Å². The largest absolute Gasteiger partial charge is 0.309 e. The molecule has 19 rings (SSSR count). The zero-order valence-electron chi connectivity index (χ0n) is 50.8. The van der Waals surface area contributed by atoms with Crippen molar-refractivity contribution in [1.29, 1.82) is 0 Å². The molecule has 0 bridgehead atoms. The maximum Gasteiger partial charge on any atom is 0.0547 e. The van der Waals surface area contributed by atoms with Crippen LogP contribution in [0, 0.1) is 0 Å². The van der Waals surface area contributed by atoms with Crippen molar-refractivity contribution in [3.05, 3.63) is 346 Å². The van der Waals surface area contributed by atoms with Gasteiger partial charge in [-0.25, -0.2) is 0 Å². The second-order valence-corrected chi connectivity index (χ2v) is 24.8. The molecular formula is C90H57N3.